The van der Waals surface area contributed by atoms with Crippen molar-refractivity contribution in [1.29, 1.82) is 0 Å². The summed E-state index contributed by atoms with van der Waals surface area (Å²) in [4.78, 5) is 28.9. The molecular formula is C17H23N5OS. The molecule has 0 aliphatic carbocycles. The smallest absolute Gasteiger partial charge is 0.266 e. The molecule has 0 saturated carbocycles. The number of hydrogen-bond donors (Lipinski definition) is 1. The molecule has 0 aromatic carbocycles. The summed E-state index contributed by atoms with van der Waals surface area (Å²) in [5, 5.41) is 4.07. The van der Waals surface area contributed by atoms with E-state index in [1.807, 2.05) is 11.8 Å². The quantitative estimate of drug-likeness (QED) is 0.901. The van der Waals surface area contributed by atoms with Crippen LogP contribution in [-0.2, 0) is 0 Å². The van der Waals surface area contributed by atoms with Crippen molar-refractivity contribution in [3.63, 3.8) is 0 Å². The van der Waals surface area contributed by atoms with Gasteiger partial charge >= 0.3 is 0 Å². The summed E-state index contributed by atoms with van der Waals surface area (Å²) < 4.78 is 0. The summed E-state index contributed by atoms with van der Waals surface area (Å²) in [6, 6.07) is 2.09. The van der Waals surface area contributed by atoms with Gasteiger partial charge < -0.3 is 10.2 Å². The molecule has 1 saturated heterocycles. The highest BCUT2D eigenvalue weighted by Crippen LogP contribution is 2.27. The molecular weight excluding hydrogens is 322 g/mol. The van der Waals surface area contributed by atoms with Gasteiger partial charge in [0.2, 0.25) is 0 Å². The Morgan fingerprint density at radius 2 is 2.04 bits per heavy atom. The van der Waals surface area contributed by atoms with Gasteiger partial charge in [-0.05, 0) is 45.3 Å². The Balaban J connectivity index is 1.86. The van der Waals surface area contributed by atoms with Gasteiger partial charge in [-0.2, -0.15) is 0 Å². The maximum Gasteiger partial charge on any atom is 0.266 e. The maximum absolute atomic E-state index is 13.1. The molecule has 24 heavy (non-hydrogen) atoms. The van der Waals surface area contributed by atoms with Gasteiger partial charge in [-0.1, -0.05) is 6.92 Å². The van der Waals surface area contributed by atoms with Crippen molar-refractivity contribution >= 4 is 17.2 Å². The largest absolute Gasteiger partial charge is 0.335 e. The van der Waals surface area contributed by atoms with Crippen LogP contribution in [0.1, 0.15) is 41.6 Å². The zero-order chi connectivity index (χ0) is 16.9. The molecule has 0 unspecified atom stereocenters. The summed E-state index contributed by atoms with van der Waals surface area (Å²) in [6.07, 6.45) is 6.37. The molecule has 0 bridgehead atoms. The fourth-order valence-corrected chi connectivity index (χ4v) is 4.01. The fourth-order valence-electron chi connectivity index (χ4n) is 3.04. The lowest BCUT2D eigenvalue weighted by Gasteiger charge is -2.34. The number of carbonyl (C=O) groups excluding carboxylic acids is 1. The molecule has 1 aliphatic heterocycles. The van der Waals surface area contributed by atoms with Gasteiger partial charge in [-0.3, -0.25) is 4.79 Å². The highest BCUT2D eigenvalue weighted by molar-refractivity contribution is 7.17. The molecule has 3 heterocycles. The number of rotatable bonds is 5. The van der Waals surface area contributed by atoms with E-state index >= 15 is 0 Å². The second kappa shape index (κ2) is 7.81. The normalized spacial score (nSPS) is 15.4. The summed E-state index contributed by atoms with van der Waals surface area (Å²) in [5.74, 6) is 0.675. The maximum atomic E-state index is 13.1. The van der Waals surface area contributed by atoms with E-state index < -0.39 is 0 Å². The zero-order valence-electron chi connectivity index (χ0n) is 14.2. The standard InChI is InChI=1S/C17H23N5OS/c1-3-11-22(13-5-9-18-10-6-13)17(23)14-12(2)21-16(24-14)15-19-7-4-8-20-15/h4,7-8,13,18H,3,5-6,9-11H2,1-2H3. The van der Waals surface area contributed by atoms with E-state index in [1.54, 1.807) is 18.5 Å². The third-order valence-corrected chi connectivity index (χ3v) is 5.36. The highest BCUT2D eigenvalue weighted by Gasteiger charge is 2.28. The molecule has 3 rings (SSSR count). The number of amides is 1. The Kier molecular flexibility index (Phi) is 5.52. The Bertz CT molecular complexity index is 682. The fraction of sp³-hybridized carbons (Fsp3) is 0.529. The van der Waals surface area contributed by atoms with E-state index in [4.69, 9.17) is 0 Å². The van der Waals surface area contributed by atoms with Gasteiger partial charge in [0.15, 0.2) is 10.8 Å². The topological polar surface area (TPSA) is 71.0 Å². The zero-order valence-corrected chi connectivity index (χ0v) is 15.0. The van der Waals surface area contributed by atoms with E-state index in [9.17, 15) is 4.79 Å². The lowest BCUT2D eigenvalue weighted by atomic mass is 10.0. The Morgan fingerprint density at radius 1 is 1.33 bits per heavy atom. The van der Waals surface area contributed by atoms with Gasteiger partial charge in [0, 0.05) is 25.0 Å². The Labute approximate surface area is 146 Å². The van der Waals surface area contributed by atoms with Gasteiger partial charge in [0.25, 0.3) is 5.91 Å². The lowest BCUT2D eigenvalue weighted by molar-refractivity contribution is 0.0646. The van der Waals surface area contributed by atoms with Crippen molar-refractivity contribution in [3.05, 3.63) is 29.0 Å². The van der Waals surface area contributed by atoms with E-state index in [0.29, 0.717) is 21.8 Å². The minimum atomic E-state index is 0.0981. The monoisotopic (exact) mass is 345 g/mol. The number of thiazole rings is 1. The van der Waals surface area contributed by atoms with Crippen LogP contribution in [0.4, 0.5) is 0 Å². The summed E-state index contributed by atoms with van der Waals surface area (Å²) in [5.41, 5.74) is 0.766. The van der Waals surface area contributed by atoms with Crippen LogP contribution in [0.3, 0.4) is 0 Å². The van der Waals surface area contributed by atoms with Crippen LogP contribution in [0.5, 0.6) is 0 Å². The molecule has 1 N–H and O–H groups in total. The molecule has 0 spiro atoms. The first-order chi connectivity index (χ1) is 11.7. The third kappa shape index (κ3) is 3.62. The molecule has 6 nitrogen and oxygen atoms in total. The second-order valence-electron chi connectivity index (χ2n) is 5.99. The van der Waals surface area contributed by atoms with Crippen LogP contribution in [0, 0.1) is 6.92 Å². The predicted molar refractivity (Wildman–Crippen MR) is 95.1 cm³/mol. The number of carbonyl (C=O) groups is 1. The average molecular weight is 345 g/mol. The molecule has 0 atom stereocenters. The van der Waals surface area contributed by atoms with Crippen molar-refractivity contribution in [2.75, 3.05) is 19.6 Å². The molecule has 128 valence electrons. The molecule has 1 aliphatic rings. The van der Waals surface area contributed by atoms with E-state index in [-0.39, 0.29) is 5.91 Å². The third-order valence-electron chi connectivity index (χ3n) is 4.22. The molecule has 1 fully saturated rings. The van der Waals surface area contributed by atoms with Crippen molar-refractivity contribution < 1.29 is 4.79 Å². The van der Waals surface area contributed by atoms with Crippen LogP contribution in [0.2, 0.25) is 0 Å². The predicted octanol–water partition coefficient (Wildman–Crippen LogP) is 2.51. The highest BCUT2D eigenvalue weighted by atomic mass is 32.1. The number of aromatic nitrogens is 3. The Hall–Kier alpha value is -1.86. The number of piperidine rings is 1. The summed E-state index contributed by atoms with van der Waals surface area (Å²) in [7, 11) is 0. The molecule has 2 aromatic heterocycles. The minimum Gasteiger partial charge on any atom is -0.335 e. The SMILES string of the molecule is CCCN(C(=O)c1sc(-c2ncccn2)nc1C)C1CCNCC1. The van der Waals surface area contributed by atoms with Crippen LogP contribution in [0.15, 0.2) is 18.5 Å². The van der Waals surface area contributed by atoms with Crippen LogP contribution >= 0.6 is 11.3 Å². The first kappa shape index (κ1) is 17.0. The van der Waals surface area contributed by atoms with Gasteiger partial charge in [0.05, 0.1) is 5.69 Å². The average Bonchev–Trinajstić information content (AvgIpc) is 3.02. The van der Waals surface area contributed by atoms with Crippen molar-refractivity contribution in [2.24, 2.45) is 0 Å². The van der Waals surface area contributed by atoms with Gasteiger partial charge in [0.1, 0.15) is 4.88 Å². The van der Waals surface area contributed by atoms with E-state index in [0.717, 1.165) is 44.6 Å². The number of aryl methyl sites for hydroxylation is 1. The van der Waals surface area contributed by atoms with E-state index in [1.165, 1.54) is 11.3 Å². The lowest BCUT2D eigenvalue weighted by Crippen LogP contribution is -2.46. The first-order valence-electron chi connectivity index (χ1n) is 8.47. The Morgan fingerprint density at radius 3 is 2.71 bits per heavy atom. The second-order valence-corrected chi connectivity index (χ2v) is 6.98. The number of hydrogen-bond acceptors (Lipinski definition) is 6. The minimum absolute atomic E-state index is 0.0981. The first-order valence-corrected chi connectivity index (χ1v) is 9.29. The molecule has 2 aromatic rings. The summed E-state index contributed by atoms with van der Waals surface area (Å²) >= 11 is 1.40. The van der Waals surface area contributed by atoms with Crippen molar-refractivity contribution in [2.45, 2.75) is 39.2 Å². The number of nitrogens with one attached hydrogen (secondary N) is 1. The van der Waals surface area contributed by atoms with Gasteiger partial charge in [-0.15, -0.1) is 11.3 Å². The van der Waals surface area contributed by atoms with Crippen LogP contribution in [0.25, 0.3) is 10.8 Å². The van der Waals surface area contributed by atoms with Gasteiger partial charge in [-0.25, -0.2) is 15.0 Å². The summed E-state index contributed by atoms with van der Waals surface area (Å²) in [6.45, 7) is 6.75. The molecule has 1 amide bonds. The molecule has 7 heteroatoms. The van der Waals surface area contributed by atoms with Crippen LogP contribution in [-0.4, -0.2) is 51.4 Å². The number of nitrogens with zero attached hydrogens (tertiary/aromatic N) is 4. The van der Waals surface area contributed by atoms with Crippen LogP contribution < -0.4 is 5.32 Å². The molecule has 0 radical (unpaired) electrons. The van der Waals surface area contributed by atoms with Crippen molar-refractivity contribution in [1.82, 2.24) is 25.2 Å². The van der Waals surface area contributed by atoms with E-state index in [2.05, 4.69) is 27.2 Å². The van der Waals surface area contributed by atoms with Crippen molar-refractivity contribution in [3.8, 4) is 10.8 Å².